The van der Waals surface area contributed by atoms with E-state index in [9.17, 15) is 4.79 Å². The molecule has 0 bridgehead atoms. The lowest BCUT2D eigenvalue weighted by molar-refractivity contribution is -0.116. The molecule has 0 N–H and O–H groups in total. The van der Waals surface area contributed by atoms with E-state index in [2.05, 4.69) is 10.2 Å². The van der Waals surface area contributed by atoms with Crippen LogP contribution in [0, 0.1) is 0 Å². The van der Waals surface area contributed by atoms with Gasteiger partial charge >= 0.3 is 0 Å². The fourth-order valence-corrected chi connectivity index (χ4v) is 3.15. The molecule has 3 aromatic rings. The summed E-state index contributed by atoms with van der Waals surface area (Å²) in [4.78, 5) is 14.2. The number of benzene rings is 2. The largest absolute Gasteiger partial charge is 0.496 e. The molecule has 0 spiro atoms. The van der Waals surface area contributed by atoms with Crippen molar-refractivity contribution in [2.45, 2.75) is 12.1 Å². The summed E-state index contributed by atoms with van der Waals surface area (Å²) in [5.41, 5.74) is 1.60. The number of carbonyl (C=O) groups excluding carboxylic acids is 1. The van der Waals surface area contributed by atoms with Gasteiger partial charge in [-0.25, -0.2) is 0 Å². The monoisotopic (exact) mass is 369 g/mol. The van der Waals surface area contributed by atoms with Crippen molar-refractivity contribution < 1.29 is 13.9 Å². The van der Waals surface area contributed by atoms with E-state index in [-0.39, 0.29) is 11.7 Å². The summed E-state index contributed by atoms with van der Waals surface area (Å²) in [5, 5.41) is 8.42. The summed E-state index contributed by atoms with van der Waals surface area (Å²) in [5.74, 6) is 1.23. The molecule has 0 fully saturated rings. The van der Waals surface area contributed by atoms with Crippen LogP contribution in [0.3, 0.4) is 0 Å². The number of hydrogen-bond acceptors (Lipinski definition) is 6. The van der Waals surface area contributed by atoms with Crippen molar-refractivity contribution in [1.29, 1.82) is 0 Å². The Morgan fingerprint density at radius 2 is 1.85 bits per heavy atom. The van der Waals surface area contributed by atoms with Crippen LogP contribution in [0.25, 0.3) is 11.5 Å². The van der Waals surface area contributed by atoms with E-state index >= 15 is 0 Å². The van der Waals surface area contributed by atoms with Crippen molar-refractivity contribution in [1.82, 2.24) is 10.2 Å². The van der Waals surface area contributed by atoms with Gasteiger partial charge < -0.3 is 14.1 Å². The van der Waals surface area contributed by atoms with Crippen LogP contribution >= 0.6 is 11.8 Å². The Morgan fingerprint density at radius 1 is 1.12 bits per heavy atom. The van der Waals surface area contributed by atoms with Gasteiger partial charge in [0.25, 0.3) is 11.1 Å². The lowest BCUT2D eigenvalue weighted by Crippen LogP contribution is -2.32. The van der Waals surface area contributed by atoms with Crippen LogP contribution in [0.2, 0.25) is 0 Å². The van der Waals surface area contributed by atoms with E-state index in [4.69, 9.17) is 9.15 Å². The number of para-hydroxylation sites is 2. The number of ether oxygens (including phenoxy) is 1. The summed E-state index contributed by atoms with van der Waals surface area (Å²) in [6, 6.07) is 17.0. The Bertz CT molecular complexity index is 867. The van der Waals surface area contributed by atoms with Crippen LogP contribution < -0.4 is 9.64 Å². The number of rotatable bonds is 7. The highest BCUT2D eigenvalue weighted by Crippen LogP contribution is 2.30. The molecule has 1 amide bonds. The zero-order chi connectivity index (χ0) is 18.4. The minimum absolute atomic E-state index is 0.0132. The molecular formula is C19H19N3O3S. The van der Waals surface area contributed by atoms with Crippen LogP contribution in [0.4, 0.5) is 5.69 Å². The predicted molar refractivity (Wildman–Crippen MR) is 101 cm³/mol. The maximum absolute atomic E-state index is 12.5. The van der Waals surface area contributed by atoms with Crippen LogP contribution in [-0.4, -0.2) is 35.5 Å². The van der Waals surface area contributed by atoms with Gasteiger partial charge in [0.05, 0.1) is 18.4 Å². The number of anilines is 1. The number of thioether (sulfide) groups is 1. The second-order valence-electron chi connectivity index (χ2n) is 5.34. The molecule has 0 radical (unpaired) electrons. The summed E-state index contributed by atoms with van der Waals surface area (Å²) >= 11 is 1.22. The van der Waals surface area contributed by atoms with Gasteiger partial charge in [-0.15, -0.1) is 10.2 Å². The van der Waals surface area contributed by atoms with E-state index < -0.39 is 0 Å². The zero-order valence-electron chi connectivity index (χ0n) is 14.6. The second-order valence-corrected chi connectivity index (χ2v) is 6.26. The molecule has 1 heterocycles. The Hall–Kier alpha value is -2.80. The van der Waals surface area contributed by atoms with Gasteiger partial charge in [-0.3, -0.25) is 4.79 Å². The van der Waals surface area contributed by atoms with E-state index in [0.29, 0.717) is 23.4 Å². The molecular weight excluding hydrogens is 350 g/mol. The third-order valence-electron chi connectivity index (χ3n) is 3.75. The van der Waals surface area contributed by atoms with Gasteiger partial charge in [0, 0.05) is 12.2 Å². The first-order valence-corrected chi connectivity index (χ1v) is 9.16. The van der Waals surface area contributed by atoms with Gasteiger partial charge in [-0.2, -0.15) is 0 Å². The number of hydrogen-bond donors (Lipinski definition) is 0. The number of aromatic nitrogens is 2. The third kappa shape index (κ3) is 4.05. The standard InChI is InChI=1S/C19H19N3O3S/c1-3-22(14-9-5-4-6-10-14)17(23)13-26-19-21-20-18(25-19)15-11-7-8-12-16(15)24-2/h4-12H,3,13H2,1-2H3. The second kappa shape index (κ2) is 8.53. The van der Waals surface area contributed by atoms with Crippen molar-refractivity contribution >= 4 is 23.4 Å². The maximum atomic E-state index is 12.5. The number of nitrogens with zero attached hydrogens (tertiary/aromatic N) is 3. The lowest BCUT2D eigenvalue weighted by atomic mass is 10.2. The Kier molecular flexibility index (Phi) is 5.91. The number of carbonyl (C=O) groups is 1. The van der Waals surface area contributed by atoms with Gasteiger partial charge in [-0.1, -0.05) is 42.1 Å². The molecule has 1 aromatic heterocycles. The zero-order valence-corrected chi connectivity index (χ0v) is 15.4. The predicted octanol–water partition coefficient (Wildman–Crippen LogP) is 3.89. The average Bonchev–Trinajstić information content (AvgIpc) is 3.16. The third-order valence-corrected chi connectivity index (χ3v) is 4.55. The Morgan fingerprint density at radius 3 is 2.58 bits per heavy atom. The van der Waals surface area contributed by atoms with Gasteiger partial charge in [0.1, 0.15) is 5.75 Å². The summed E-state index contributed by atoms with van der Waals surface area (Å²) < 4.78 is 11.0. The minimum atomic E-state index is -0.0132. The molecule has 0 aliphatic rings. The highest BCUT2D eigenvalue weighted by atomic mass is 32.2. The molecule has 0 unspecified atom stereocenters. The quantitative estimate of drug-likeness (QED) is 0.589. The molecule has 6 nitrogen and oxygen atoms in total. The van der Waals surface area contributed by atoms with Crippen molar-refractivity contribution in [2.24, 2.45) is 0 Å². The normalized spacial score (nSPS) is 10.5. The summed E-state index contributed by atoms with van der Waals surface area (Å²) in [7, 11) is 1.59. The Balaban J connectivity index is 1.67. The minimum Gasteiger partial charge on any atom is -0.496 e. The number of amides is 1. The van der Waals surface area contributed by atoms with Crippen molar-refractivity contribution in [3.63, 3.8) is 0 Å². The fourth-order valence-electron chi connectivity index (χ4n) is 2.51. The van der Waals surface area contributed by atoms with Crippen LogP contribution in [0.15, 0.2) is 64.2 Å². The Labute approximate surface area is 156 Å². The average molecular weight is 369 g/mol. The molecule has 7 heteroatoms. The van der Waals surface area contributed by atoms with Crippen molar-refractivity contribution in [2.75, 3.05) is 24.3 Å². The molecule has 0 aliphatic carbocycles. The molecule has 0 aliphatic heterocycles. The topological polar surface area (TPSA) is 68.5 Å². The molecule has 0 atom stereocenters. The molecule has 0 saturated heterocycles. The van der Waals surface area contributed by atoms with Gasteiger partial charge in [-0.05, 0) is 31.2 Å². The molecule has 26 heavy (non-hydrogen) atoms. The van der Waals surface area contributed by atoms with Crippen molar-refractivity contribution in [3.8, 4) is 17.2 Å². The smallest absolute Gasteiger partial charge is 0.277 e. The first-order valence-electron chi connectivity index (χ1n) is 8.18. The van der Waals surface area contributed by atoms with Crippen LogP contribution in [0.1, 0.15) is 6.92 Å². The van der Waals surface area contributed by atoms with E-state index in [0.717, 1.165) is 11.3 Å². The molecule has 3 rings (SSSR count). The van der Waals surface area contributed by atoms with Crippen LogP contribution in [-0.2, 0) is 4.79 Å². The first kappa shape index (κ1) is 18.0. The van der Waals surface area contributed by atoms with Gasteiger partial charge in [0.2, 0.25) is 5.91 Å². The highest BCUT2D eigenvalue weighted by molar-refractivity contribution is 7.99. The van der Waals surface area contributed by atoms with E-state index in [1.807, 2.05) is 61.5 Å². The summed E-state index contributed by atoms with van der Waals surface area (Å²) in [6.45, 7) is 2.54. The SMILES string of the molecule is CCN(C(=O)CSc1nnc(-c2ccccc2OC)o1)c1ccccc1. The van der Waals surface area contributed by atoms with E-state index in [1.54, 1.807) is 12.0 Å². The molecule has 134 valence electrons. The lowest BCUT2D eigenvalue weighted by Gasteiger charge is -2.20. The summed E-state index contributed by atoms with van der Waals surface area (Å²) in [6.07, 6.45) is 0. The first-order chi connectivity index (χ1) is 12.7. The fraction of sp³-hybridized carbons (Fsp3) is 0.211. The number of methoxy groups -OCH3 is 1. The van der Waals surface area contributed by atoms with E-state index in [1.165, 1.54) is 11.8 Å². The van der Waals surface area contributed by atoms with Gasteiger partial charge in [0.15, 0.2) is 0 Å². The maximum Gasteiger partial charge on any atom is 0.277 e. The molecule has 2 aromatic carbocycles. The van der Waals surface area contributed by atoms with Crippen LogP contribution in [0.5, 0.6) is 5.75 Å². The molecule has 0 saturated carbocycles. The highest BCUT2D eigenvalue weighted by Gasteiger charge is 2.17. The van der Waals surface area contributed by atoms with Crippen molar-refractivity contribution in [3.05, 3.63) is 54.6 Å².